The van der Waals surface area contributed by atoms with Crippen LogP contribution >= 0.6 is 15.8 Å². The van der Waals surface area contributed by atoms with Crippen LogP contribution in [-0.2, 0) is 36.0 Å². The van der Waals surface area contributed by atoms with Crippen LogP contribution < -0.4 is 17.0 Å². The Bertz CT molecular complexity index is 162. The first kappa shape index (κ1) is 26.4. The van der Waals surface area contributed by atoms with E-state index in [1.165, 1.54) is 11.3 Å². The summed E-state index contributed by atoms with van der Waals surface area (Å²) in [7, 11) is 0.283. The first-order valence-corrected chi connectivity index (χ1v) is 9.86. The summed E-state index contributed by atoms with van der Waals surface area (Å²) >= 11 is 0. The molecule has 2 fully saturated rings. The second-order valence-corrected chi connectivity index (χ2v) is 8.69. The Morgan fingerprint density at radius 1 is 0.632 bits per heavy atom. The minimum Gasteiger partial charge on any atom is -1.00 e. The van der Waals surface area contributed by atoms with Crippen molar-refractivity contribution in [3.8, 4) is 0 Å². The summed E-state index contributed by atoms with van der Waals surface area (Å²) in [5.41, 5.74) is 3.00. The molecule has 0 atom stereocenters. The Morgan fingerprint density at radius 3 is 0.947 bits per heavy atom. The molecule has 0 aliphatic heterocycles. The van der Waals surface area contributed by atoms with E-state index >= 15 is 0 Å². The van der Waals surface area contributed by atoms with Crippen molar-refractivity contribution in [2.45, 2.75) is 0 Å². The van der Waals surface area contributed by atoms with Gasteiger partial charge >= 0.3 is 36.0 Å². The van der Waals surface area contributed by atoms with Crippen molar-refractivity contribution in [3.05, 3.63) is 62.7 Å². The van der Waals surface area contributed by atoms with Gasteiger partial charge in [-0.25, -0.2) is 0 Å². The zero-order valence-electron chi connectivity index (χ0n) is 11.6. The largest absolute Gasteiger partial charge is 2.00 e. The molecule has 0 aromatic heterocycles. The molecule has 2 aliphatic rings. The predicted octanol–water partition coefficient (Wildman–Crippen LogP) is 1.18. The summed E-state index contributed by atoms with van der Waals surface area (Å²) in [6.07, 6.45) is 17.1. The van der Waals surface area contributed by atoms with Crippen LogP contribution in [0.4, 0.5) is 0 Å². The summed E-state index contributed by atoms with van der Waals surface area (Å²) in [5.74, 6) is 0. The van der Waals surface area contributed by atoms with Crippen molar-refractivity contribution in [1.82, 2.24) is 0 Å². The third-order valence-electron chi connectivity index (χ3n) is 2.32. The molecule has 0 spiro atoms. The van der Waals surface area contributed by atoms with Gasteiger partial charge in [0.2, 0.25) is 0 Å². The monoisotopic (exact) mass is 489 g/mol. The molecule has 10 radical (unpaired) electrons. The molecular weight excluding hydrogens is 470 g/mol. The van der Waals surface area contributed by atoms with Crippen molar-refractivity contribution >= 4 is 15.8 Å². The van der Waals surface area contributed by atoms with Gasteiger partial charge in [0.25, 0.3) is 0 Å². The fourth-order valence-electron chi connectivity index (χ4n) is 1.32. The molecule has 0 nitrogen and oxygen atoms in total. The number of hydrogen-bond donors (Lipinski definition) is 0. The van der Waals surface area contributed by atoms with E-state index in [1.54, 1.807) is 0 Å². The van der Waals surface area contributed by atoms with E-state index in [-0.39, 0.29) is 68.8 Å². The molecule has 0 heterocycles. The Morgan fingerprint density at radius 2 is 0.842 bits per heavy atom. The van der Waals surface area contributed by atoms with E-state index in [9.17, 15) is 0 Å². The second kappa shape index (κ2) is 15.4. The summed E-state index contributed by atoms with van der Waals surface area (Å²) in [6, 6.07) is 0. The molecule has 0 N–H and O–H groups in total. The maximum Gasteiger partial charge on any atom is 2.00 e. The Hall–Kier alpha value is 2.46. The van der Waals surface area contributed by atoms with Crippen LogP contribution in [0.25, 0.3) is 0 Å². The number of rotatable bonds is 2. The summed E-state index contributed by atoms with van der Waals surface area (Å²) in [6.45, 7) is 9.07. The standard InChI is InChI=1S/2C7H10P.BrH.Ni.Ru/c2*1-8(2)7-5-3-4-6-7;;;/h2*3-6H,1-2H3;1H;;/q;;;2*+2/p-1. The molecule has 19 heavy (non-hydrogen) atoms. The van der Waals surface area contributed by atoms with Gasteiger partial charge in [0.15, 0.2) is 0 Å². The van der Waals surface area contributed by atoms with Gasteiger partial charge in [-0.1, -0.05) is 0 Å². The van der Waals surface area contributed by atoms with Crippen LogP contribution in [0.3, 0.4) is 0 Å². The van der Waals surface area contributed by atoms with Crippen LogP contribution in [0.5, 0.6) is 0 Å². The second-order valence-electron chi connectivity index (χ2n) is 4.08. The Balaban J connectivity index is -0.000000233. The molecule has 2 saturated carbocycles. The molecule has 2 rings (SSSR count). The quantitative estimate of drug-likeness (QED) is 0.404. The third kappa shape index (κ3) is 11.7. The van der Waals surface area contributed by atoms with E-state index in [0.29, 0.717) is 0 Å². The molecular formula is C14H20BrNiP2Ru+3. The van der Waals surface area contributed by atoms with E-state index in [0.717, 1.165) is 0 Å². The van der Waals surface area contributed by atoms with Gasteiger partial charge in [0.05, 0.1) is 0 Å². The van der Waals surface area contributed by atoms with E-state index in [2.05, 4.69) is 78.0 Å². The van der Waals surface area contributed by atoms with Crippen molar-refractivity contribution < 1.29 is 53.0 Å². The molecule has 0 saturated heterocycles. The fraction of sp³-hybridized carbons (Fsp3) is 0.286. The maximum atomic E-state index is 2.27. The van der Waals surface area contributed by atoms with Crippen molar-refractivity contribution in [3.63, 3.8) is 0 Å². The molecule has 0 unspecified atom stereocenters. The first-order chi connectivity index (χ1) is 7.61. The van der Waals surface area contributed by atoms with Crippen LogP contribution in [0.1, 0.15) is 0 Å². The minimum absolute atomic E-state index is 0. The normalized spacial score (nSPS) is 19.3. The average molecular weight is 490 g/mol. The molecule has 5 heteroatoms. The molecule has 0 aromatic rings. The summed E-state index contributed by atoms with van der Waals surface area (Å²) in [4.78, 5) is 0. The molecule has 108 valence electrons. The van der Waals surface area contributed by atoms with Crippen molar-refractivity contribution in [2.24, 2.45) is 0 Å². The van der Waals surface area contributed by atoms with Crippen molar-refractivity contribution in [1.29, 1.82) is 0 Å². The van der Waals surface area contributed by atoms with Crippen molar-refractivity contribution in [2.75, 3.05) is 26.7 Å². The Labute approximate surface area is 157 Å². The van der Waals surface area contributed by atoms with Crippen LogP contribution in [0, 0.1) is 62.7 Å². The zero-order chi connectivity index (χ0) is 12.0. The summed E-state index contributed by atoms with van der Waals surface area (Å²) < 4.78 is 0. The molecule has 0 amide bonds. The van der Waals surface area contributed by atoms with Gasteiger partial charge in [-0.05, 0) is 78.0 Å². The van der Waals surface area contributed by atoms with Crippen LogP contribution in [-0.4, -0.2) is 26.7 Å². The summed E-state index contributed by atoms with van der Waals surface area (Å²) in [5, 5.41) is 0. The van der Waals surface area contributed by atoms with Gasteiger partial charge < -0.3 is 17.0 Å². The van der Waals surface area contributed by atoms with Gasteiger partial charge in [-0.3, -0.25) is 0 Å². The number of halogens is 1. The fourth-order valence-corrected chi connectivity index (χ4v) is 2.86. The van der Waals surface area contributed by atoms with Gasteiger partial charge in [-0.15, -0.1) is 15.8 Å². The molecule has 0 aromatic carbocycles. The van der Waals surface area contributed by atoms with Crippen LogP contribution in [0.15, 0.2) is 0 Å². The third-order valence-corrected chi connectivity index (χ3v) is 4.98. The predicted molar refractivity (Wildman–Crippen MR) is 78.4 cm³/mol. The van der Waals surface area contributed by atoms with E-state index in [1.807, 2.05) is 0 Å². The van der Waals surface area contributed by atoms with Crippen LogP contribution in [0.2, 0.25) is 0 Å². The maximum absolute atomic E-state index is 2.27. The van der Waals surface area contributed by atoms with E-state index < -0.39 is 0 Å². The van der Waals surface area contributed by atoms with Gasteiger partial charge in [0.1, 0.15) is 0 Å². The minimum atomic E-state index is 0. The molecule has 2 aliphatic carbocycles. The Kier molecular flexibility index (Phi) is 21.3. The topological polar surface area (TPSA) is 0 Å². The SMILES string of the molecule is CP(C)[C]1[CH][CH][CH][CH]1.CP(C)[C]1[CH][CH][CH][CH]1.[Br-].[Ni+2].[Ru+2]. The van der Waals surface area contributed by atoms with Gasteiger partial charge in [-0.2, -0.15) is 0 Å². The first-order valence-electron chi connectivity index (χ1n) is 5.39. The van der Waals surface area contributed by atoms with E-state index in [4.69, 9.17) is 0 Å². The molecule has 0 bridgehead atoms. The van der Waals surface area contributed by atoms with Gasteiger partial charge in [0, 0.05) is 11.3 Å². The zero-order valence-corrected chi connectivity index (χ0v) is 17.7. The number of hydrogen-bond acceptors (Lipinski definition) is 0. The smallest absolute Gasteiger partial charge is 1.00 e. The average Bonchev–Trinajstić information content (AvgIpc) is 2.93.